The number of phenolic OH excluding ortho intramolecular Hbond substituents is 1. The number of anilines is 1. The van der Waals surface area contributed by atoms with Crippen LogP contribution >= 0.6 is 0 Å². The number of aliphatic hydroxyl groups is 4. The van der Waals surface area contributed by atoms with Gasteiger partial charge in [-0.3, -0.25) is 19.4 Å². The standard InChI is InChI=1S/C30H42N4O7/c1-32(2)19-13-16(14-34-9-7-5-6-8-10-34)25(35)21-17(19)11-15-12-18-22(27(37)20(15)26(21)36)30(40,41)23(29(31)39)28(38)24(18)33(3)4/h13,15,18,22,24,35-36,38,40-41H,5-12,14H2,1-4H3,(H2,31,39)/t15?,18?,22?,24-/m0/s1. The van der Waals surface area contributed by atoms with E-state index in [0.717, 1.165) is 31.6 Å². The summed E-state index contributed by atoms with van der Waals surface area (Å²) in [5.74, 6) is -8.89. The molecule has 1 saturated carbocycles. The Labute approximate surface area is 240 Å². The Morgan fingerprint density at radius 3 is 2.27 bits per heavy atom. The summed E-state index contributed by atoms with van der Waals surface area (Å²) in [6.07, 6.45) is 5.05. The number of carbonyl (C=O) groups excluding carboxylic acids is 2. The number of benzene rings is 1. The first-order valence-electron chi connectivity index (χ1n) is 14.4. The van der Waals surface area contributed by atoms with Crippen molar-refractivity contribution in [3.8, 4) is 5.75 Å². The molecule has 0 bridgehead atoms. The van der Waals surface area contributed by atoms with Crippen LogP contribution in [0.2, 0.25) is 0 Å². The third-order valence-electron chi connectivity index (χ3n) is 9.47. The highest BCUT2D eigenvalue weighted by Gasteiger charge is 2.62. The molecule has 224 valence electrons. The maximum Gasteiger partial charge on any atom is 0.253 e. The van der Waals surface area contributed by atoms with Crippen molar-refractivity contribution in [2.24, 2.45) is 23.5 Å². The Bertz CT molecular complexity index is 1320. The van der Waals surface area contributed by atoms with Crippen molar-refractivity contribution >= 4 is 23.1 Å². The fraction of sp³-hybridized carbons (Fsp3) is 0.600. The van der Waals surface area contributed by atoms with Crippen molar-refractivity contribution in [1.82, 2.24) is 9.80 Å². The maximum atomic E-state index is 14.1. The second-order valence-corrected chi connectivity index (χ2v) is 12.5. The number of fused-ring (bicyclic) bond motifs is 3. The van der Waals surface area contributed by atoms with Crippen molar-refractivity contribution in [3.05, 3.63) is 39.7 Å². The average Bonchev–Trinajstić information content (AvgIpc) is 3.12. The molecule has 0 aromatic heterocycles. The molecule has 41 heavy (non-hydrogen) atoms. The number of nitrogens with two attached hydrogens (primary N) is 1. The molecule has 1 aromatic carbocycles. The SMILES string of the molecule is CN(C)c1cc(CN2CCCCCC2)c(O)c2c1CC1CC3C(C(=O)C1=C2O)C(O)(O)C(C(N)=O)=C(O)[C@H]3N(C)C. The lowest BCUT2D eigenvalue weighted by molar-refractivity contribution is -0.203. The summed E-state index contributed by atoms with van der Waals surface area (Å²) in [6.45, 7) is 2.32. The number of amides is 1. The molecule has 4 aliphatic rings. The Balaban J connectivity index is 1.65. The number of allylic oxidation sites excluding steroid dienone is 1. The van der Waals surface area contributed by atoms with Crippen molar-refractivity contribution in [2.75, 3.05) is 46.2 Å². The molecule has 1 aliphatic heterocycles. The van der Waals surface area contributed by atoms with Crippen LogP contribution in [0.25, 0.3) is 5.76 Å². The van der Waals surface area contributed by atoms with E-state index in [1.54, 1.807) is 19.0 Å². The summed E-state index contributed by atoms with van der Waals surface area (Å²) >= 11 is 0. The summed E-state index contributed by atoms with van der Waals surface area (Å²) in [6, 6.07) is 1.08. The second kappa shape index (κ2) is 10.6. The lowest BCUT2D eigenvalue weighted by Gasteiger charge is -2.51. The number of aliphatic hydroxyl groups excluding tert-OH is 2. The quantitative estimate of drug-likeness (QED) is 0.284. The second-order valence-electron chi connectivity index (χ2n) is 12.5. The molecule has 2 fully saturated rings. The third kappa shape index (κ3) is 4.68. The number of nitrogens with zero attached hydrogens (tertiary/aromatic N) is 3. The summed E-state index contributed by atoms with van der Waals surface area (Å²) < 4.78 is 0. The molecule has 11 nitrogen and oxygen atoms in total. The number of likely N-dealkylation sites (N-methyl/N-ethyl adjacent to an activating group) is 1. The highest BCUT2D eigenvalue weighted by atomic mass is 16.5. The van der Waals surface area contributed by atoms with Gasteiger partial charge in [-0.1, -0.05) is 12.8 Å². The van der Waals surface area contributed by atoms with E-state index in [1.165, 1.54) is 12.8 Å². The van der Waals surface area contributed by atoms with Gasteiger partial charge in [0.15, 0.2) is 5.78 Å². The van der Waals surface area contributed by atoms with Gasteiger partial charge in [0.2, 0.25) is 5.79 Å². The number of Topliss-reactive ketones (excluding diaryl/α,β-unsaturated/α-hetero) is 1. The molecule has 7 N–H and O–H groups in total. The van der Waals surface area contributed by atoms with Crippen LogP contribution < -0.4 is 10.6 Å². The van der Waals surface area contributed by atoms with Crippen LogP contribution in [0.3, 0.4) is 0 Å². The molecule has 1 aromatic rings. The predicted octanol–water partition coefficient (Wildman–Crippen LogP) is 1.40. The minimum Gasteiger partial charge on any atom is -0.510 e. The minimum absolute atomic E-state index is 0.000806. The molecule has 1 amide bonds. The maximum absolute atomic E-state index is 14.1. The van der Waals surface area contributed by atoms with E-state index >= 15 is 0 Å². The first-order chi connectivity index (χ1) is 19.3. The van der Waals surface area contributed by atoms with Crippen LogP contribution in [0.5, 0.6) is 5.75 Å². The smallest absolute Gasteiger partial charge is 0.253 e. The first-order valence-corrected chi connectivity index (χ1v) is 14.4. The Morgan fingerprint density at radius 1 is 1.07 bits per heavy atom. The lowest BCUT2D eigenvalue weighted by Crippen LogP contribution is -2.62. The number of phenols is 1. The number of carbonyl (C=O) groups is 2. The Kier molecular flexibility index (Phi) is 7.60. The van der Waals surface area contributed by atoms with E-state index in [0.29, 0.717) is 24.1 Å². The summed E-state index contributed by atoms with van der Waals surface area (Å²) in [4.78, 5) is 32.2. The van der Waals surface area contributed by atoms with Crippen molar-refractivity contribution < 1.29 is 35.1 Å². The van der Waals surface area contributed by atoms with Gasteiger partial charge in [-0.2, -0.15) is 0 Å². The van der Waals surface area contributed by atoms with Gasteiger partial charge in [0.1, 0.15) is 22.8 Å². The van der Waals surface area contributed by atoms with E-state index < -0.39 is 52.6 Å². The van der Waals surface area contributed by atoms with Crippen LogP contribution in [0.1, 0.15) is 48.8 Å². The zero-order valence-corrected chi connectivity index (χ0v) is 24.2. The molecule has 0 spiro atoms. The van der Waals surface area contributed by atoms with Crippen molar-refractivity contribution in [2.45, 2.75) is 56.9 Å². The van der Waals surface area contributed by atoms with Gasteiger partial charge < -0.3 is 36.2 Å². The van der Waals surface area contributed by atoms with Gasteiger partial charge in [0, 0.05) is 37.5 Å². The molecule has 1 heterocycles. The number of rotatable bonds is 5. The minimum atomic E-state index is -3.03. The molecule has 4 atom stereocenters. The highest BCUT2D eigenvalue weighted by Crippen LogP contribution is 2.54. The topological polar surface area (TPSA) is 171 Å². The third-order valence-corrected chi connectivity index (χ3v) is 9.47. The number of aromatic hydroxyl groups is 1. The monoisotopic (exact) mass is 570 g/mol. The van der Waals surface area contributed by atoms with E-state index in [-0.39, 0.29) is 29.1 Å². The average molecular weight is 571 g/mol. The van der Waals surface area contributed by atoms with Crippen LogP contribution in [0.4, 0.5) is 5.69 Å². The zero-order valence-electron chi connectivity index (χ0n) is 24.2. The molecule has 3 aliphatic carbocycles. The fourth-order valence-corrected chi connectivity index (χ4v) is 7.71. The van der Waals surface area contributed by atoms with Gasteiger partial charge in [-0.05, 0) is 76.3 Å². The normalized spacial score (nSPS) is 28.2. The number of primary amides is 1. The van der Waals surface area contributed by atoms with Gasteiger partial charge in [0.05, 0.1) is 17.5 Å². The summed E-state index contributed by atoms with van der Waals surface area (Å²) in [5, 5.41) is 56.5. The van der Waals surface area contributed by atoms with Gasteiger partial charge in [-0.15, -0.1) is 0 Å². The molecule has 11 heteroatoms. The Hall–Kier alpha value is -3.12. The fourth-order valence-electron chi connectivity index (χ4n) is 7.71. The summed E-state index contributed by atoms with van der Waals surface area (Å²) in [7, 11) is 7.11. The number of ketones is 1. The first kappa shape index (κ1) is 29.4. The molecule has 1 saturated heterocycles. The van der Waals surface area contributed by atoms with Crippen LogP contribution in [-0.2, 0) is 22.6 Å². The van der Waals surface area contributed by atoms with Crippen molar-refractivity contribution in [3.63, 3.8) is 0 Å². The van der Waals surface area contributed by atoms with Gasteiger partial charge in [-0.25, -0.2) is 0 Å². The Morgan fingerprint density at radius 2 is 1.71 bits per heavy atom. The van der Waals surface area contributed by atoms with E-state index in [9.17, 15) is 35.1 Å². The van der Waals surface area contributed by atoms with E-state index in [2.05, 4.69) is 4.90 Å². The molecule has 3 unspecified atom stereocenters. The zero-order chi connectivity index (χ0) is 30.0. The number of likely N-dealkylation sites (tertiary alicyclic amines) is 1. The van der Waals surface area contributed by atoms with Crippen LogP contribution in [0, 0.1) is 17.8 Å². The van der Waals surface area contributed by atoms with E-state index in [4.69, 9.17) is 5.73 Å². The van der Waals surface area contributed by atoms with Gasteiger partial charge >= 0.3 is 0 Å². The van der Waals surface area contributed by atoms with Crippen molar-refractivity contribution in [1.29, 1.82) is 0 Å². The molecular weight excluding hydrogens is 528 g/mol. The molecule has 0 radical (unpaired) electrons. The predicted molar refractivity (Wildman–Crippen MR) is 153 cm³/mol. The summed E-state index contributed by atoms with van der Waals surface area (Å²) in [5.41, 5.74) is 6.99. The number of hydrogen-bond acceptors (Lipinski definition) is 10. The van der Waals surface area contributed by atoms with Crippen LogP contribution in [0.15, 0.2) is 23.0 Å². The number of hydrogen-bond donors (Lipinski definition) is 6. The highest BCUT2D eigenvalue weighted by molar-refractivity contribution is 6.08. The van der Waals surface area contributed by atoms with Gasteiger partial charge in [0.25, 0.3) is 5.91 Å². The molecular formula is C30H42N4O7. The lowest BCUT2D eigenvalue weighted by atomic mass is 9.58. The largest absolute Gasteiger partial charge is 0.510 e. The van der Waals surface area contributed by atoms with Crippen LogP contribution in [-0.4, -0.2) is 100 Å². The molecule has 5 rings (SSSR count). The van der Waals surface area contributed by atoms with E-state index in [1.807, 2.05) is 25.1 Å².